The van der Waals surface area contributed by atoms with Gasteiger partial charge in [0.2, 0.25) is 24.0 Å². The Morgan fingerprint density at radius 2 is 1.64 bits per heavy atom. The van der Waals surface area contributed by atoms with Crippen molar-refractivity contribution < 1.29 is 29.4 Å². The van der Waals surface area contributed by atoms with Crippen LogP contribution in [0.4, 0.5) is 11.4 Å². The molecular weight excluding hydrogens is 600 g/mol. The molecule has 1 heterocycles. The maximum absolute atomic E-state index is 13.6. The molecular formula is C32H31ClN6O6. The van der Waals surface area contributed by atoms with Crippen molar-refractivity contribution in [2.45, 2.75) is 44.7 Å². The Labute approximate surface area is 264 Å². The number of hydrogen-bond donors (Lipinski definition) is 5. The summed E-state index contributed by atoms with van der Waals surface area (Å²) in [4.78, 5) is 54.4. The molecule has 13 heteroatoms. The summed E-state index contributed by atoms with van der Waals surface area (Å²) in [6.45, 7) is 1.59. The number of halogens is 1. The van der Waals surface area contributed by atoms with Crippen molar-refractivity contribution in [3.63, 3.8) is 0 Å². The highest BCUT2D eigenvalue weighted by Crippen LogP contribution is 2.32. The Hall–Kier alpha value is -5.41. The Bertz CT molecular complexity index is 1650. The molecule has 0 bridgehead atoms. The molecule has 0 spiro atoms. The van der Waals surface area contributed by atoms with Gasteiger partial charge in [-0.05, 0) is 71.5 Å². The minimum Gasteiger partial charge on any atom is -0.481 e. The number of nitrogens with zero attached hydrogens (tertiary/aromatic N) is 3. The van der Waals surface area contributed by atoms with E-state index < -0.39 is 29.9 Å². The third kappa shape index (κ3) is 8.81. The van der Waals surface area contributed by atoms with E-state index >= 15 is 0 Å². The predicted octanol–water partition coefficient (Wildman–Crippen LogP) is 3.98. The van der Waals surface area contributed by atoms with Crippen LogP contribution < -0.4 is 16.0 Å². The molecule has 0 saturated heterocycles. The van der Waals surface area contributed by atoms with Crippen LogP contribution in [0.2, 0.25) is 5.02 Å². The minimum absolute atomic E-state index is 0.00951. The lowest BCUT2D eigenvalue weighted by atomic mass is 9.91. The van der Waals surface area contributed by atoms with Gasteiger partial charge in [-0.25, -0.2) is 4.79 Å². The Balaban J connectivity index is 1.52. The molecule has 5 N–H and O–H groups in total. The number of fused-ring (bicyclic) bond motifs is 1. The van der Waals surface area contributed by atoms with Gasteiger partial charge in [0.15, 0.2) is 0 Å². The van der Waals surface area contributed by atoms with Gasteiger partial charge in [0.05, 0.1) is 0 Å². The number of amides is 2. The van der Waals surface area contributed by atoms with E-state index in [1.165, 1.54) is 11.8 Å². The van der Waals surface area contributed by atoms with Crippen LogP contribution in [-0.2, 0) is 38.4 Å². The van der Waals surface area contributed by atoms with Gasteiger partial charge in [-0.2, -0.15) is 5.26 Å². The minimum atomic E-state index is -1.27. The number of aliphatic carboxylic acids is 2. The number of guanidine groups is 1. The molecule has 0 saturated carbocycles. The van der Waals surface area contributed by atoms with Crippen LogP contribution in [0.25, 0.3) is 0 Å². The van der Waals surface area contributed by atoms with Crippen molar-refractivity contribution in [2.24, 2.45) is 4.99 Å². The molecule has 3 aromatic rings. The lowest BCUT2D eigenvalue weighted by Gasteiger charge is -2.36. The smallest absolute Gasteiger partial charge is 0.326 e. The summed E-state index contributed by atoms with van der Waals surface area (Å²) in [6, 6.07) is 16.5. The summed E-state index contributed by atoms with van der Waals surface area (Å²) in [5.41, 5.74) is 3.99. The highest BCUT2D eigenvalue weighted by Gasteiger charge is 2.36. The van der Waals surface area contributed by atoms with Gasteiger partial charge in [-0.3, -0.25) is 14.4 Å². The second-order valence-electron chi connectivity index (χ2n) is 10.4. The van der Waals surface area contributed by atoms with Crippen molar-refractivity contribution in [2.75, 3.05) is 17.2 Å². The van der Waals surface area contributed by atoms with Gasteiger partial charge in [0.25, 0.3) is 0 Å². The van der Waals surface area contributed by atoms with E-state index in [1.54, 1.807) is 72.9 Å². The number of aryl methyl sites for hydroxylation is 1. The first-order valence-electron chi connectivity index (χ1n) is 14.0. The van der Waals surface area contributed by atoms with Gasteiger partial charge in [0, 0.05) is 42.7 Å². The number of carbonyl (C=O) groups excluding carboxylic acids is 2. The Morgan fingerprint density at radius 1 is 1.00 bits per heavy atom. The molecule has 4 rings (SSSR count). The molecule has 2 atom stereocenters. The van der Waals surface area contributed by atoms with E-state index in [2.05, 4.69) is 20.9 Å². The summed E-state index contributed by atoms with van der Waals surface area (Å²) < 4.78 is 0. The summed E-state index contributed by atoms with van der Waals surface area (Å²) in [5, 5.41) is 37.2. The van der Waals surface area contributed by atoms with Crippen LogP contribution in [0.1, 0.15) is 41.6 Å². The molecule has 2 amide bonds. The van der Waals surface area contributed by atoms with Crippen molar-refractivity contribution in [1.82, 2.24) is 10.2 Å². The van der Waals surface area contributed by atoms with E-state index in [1.807, 2.05) is 0 Å². The number of anilines is 2. The molecule has 1 aliphatic heterocycles. The van der Waals surface area contributed by atoms with E-state index in [4.69, 9.17) is 16.7 Å². The summed E-state index contributed by atoms with van der Waals surface area (Å²) in [5.74, 6) is -2.95. The lowest BCUT2D eigenvalue weighted by molar-refractivity contribution is -0.144. The normalized spacial score (nSPS) is 14.8. The molecule has 45 heavy (non-hydrogen) atoms. The SMILES string of the molecule is CC(=O)N1CCc2cc(NC(=NC#N)Nc3ccc(Cl)cc3)ccc2C1C(=O)NC(Cc1ccc(CCC(=O)O)cc1)C(=O)O. The zero-order valence-electron chi connectivity index (χ0n) is 24.3. The quantitative estimate of drug-likeness (QED) is 0.126. The maximum atomic E-state index is 13.6. The molecule has 0 radical (unpaired) electrons. The number of nitrogens with one attached hydrogen (secondary N) is 3. The number of carbonyl (C=O) groups is 4. The third-order valence-corrected chi connectivity index (χ3v) is 7.51. The first-order chi connectivity index (χ1) is 21.5. The number of rotatable bonds is 10. The second kappa shape index (κ2) is 14.9. The molecule has 12 nitrogen and oxygen atoms in total. The number of benzene rings is 3. The standard InChI is InChI=1S/C32H31ClN6O6/c1-19(40)39-15-14-22-17-25(37-32(35-18-34)36-24-9-7-23(33)8-10-24)11-12-26(22)29(39)30(43)38-27(31(44)45)16-21-4-2-20(3-5-21)6-13-28(41)42/h2-5,7-12,17,27,29H,6,13-16H2,1H3,(H,38,43)(H,41,42)(H,44,45)(H2,35,36,37). The van der Waals surface area contributed by atoms with Gasteiger partial charge in [-0.1, -0.05) is 41.9 Å². The summed E-state index contributed by atoms with van der Waals surface area (Å²) in [6.07, 6.45) is 2.51. The fourth-order valence-corrected chi connectivity index (χ4v) is 5.18. The van der Waals surface area contributed by atoms with Gasteiger partial charge in [0.1, 0.15) is 12.1 Å². The number of carboxylic acids is 2. The van der Waals surface area contributed by atoms with Crippen LogP contribution in [0.3, 0.4) is 0 Å². The Kier molecular flexibility index (Phi) is 10.7. The molecule has 0 aliphatic carbocycles. The molecule has 232 valence electrons. The van der Waals surface area contributed by atoms with Gasteiger partial charge >= 0.3 is 11.9 Å². The number of aliphatic imine (C=N–C) groups is 1. The van der Waals surface area contributed by atoms with Crippen LogP contribution in [0, 0.1) is 11.5 Å². The maximum Gasteiger partial charge on any atom is 0.326 e. The fraction of sp³-hybridized carbons (Fsp3) is 0.250. The van der Waals surface area contributed by atoms with Crippen LogP contribution in [0.15, 0.2) is 71.7 Å². The van der Waals surface area contributed by atoms with Crippen LogP contribution in [-0.4, -0.2) is 57.4 Å². The zero-order valence-corrected chi connectivity index (χ0v) is 25.0. The summed E-state index contributed by atoms with van der Waals surface area (Å²) in [7, 11) is 0. The molecule has 1 aliphatic rings. The van der Waals surface area contributed by atoms with Gasteiger partial charge in [-0.15, -0.1) is 4.99 Å². The number of hydrogen-bond acceptors (Lipinski definition) is 6. The summed E-state index contributed by atoms with van der Waals surface area (Å²) >= 11 is 5.95. The number of nitriles is 1. The van der Waals surface area contributed by atoms with E-state index in [0.29, 0.717) is 40.4 Å². The first kappa shape index (κ1) is 32.5. The Morgan fingerprint density at radius 3 is 2.27 bits per heavy atom. The van der Waals surface area contributed by atoms with Crippen LogP contribution in [0.5, 0.6) is 0 Å². The molecule has 3 aromatic carbocycles. The highest BCUT2D eigenvalue weighted by atomic mass is 35.5. The van der Waals surface area contributed by atoms with Crippen molar-refractivity contribution in [3.05, 3.63) is 94.0 Å². The number of carboxylic acid groups (broad SMARTS) is 2. The molecule has 0 fully saturated rings. The van der Waals surface area contributed by atoms with Crippen molar-refractivity contribution in [1.29, 1.82) is 5.26 Å². The van der Waals surface area contributed by atoms with E-state index in [9.17, 15) is 29.5 Å². The second-order valence-corrected chi connectivity index (χ2v) is 10.8. The first-order valence-corrected chi connectivity index (χ1v) is 14.4. The van der Waals surface area contributed by atoms with Crippen LogP contribution >= 0.6 is 11.6 Å². The van der Waals surface area contributed by atoms with Crippen molar-refractivity contribution in [3.8, 4) is 6.19 Å². The predicted molar refractivity (Wildman–Crippen MR) is 168 cm³/mol. The van der Waals surface area contributed by atoms with Gasteiger partial charge < -0.3 is 31.1 Å². The fourth-order valence-electron chi connectivity index (χ4n) is 5.05. The highest BCUT2D eigenvalue weighted by molar-refractivity contribution is 6.30. The molecule has 0 aromatic heterocycles. The van der Waals surface area contributed by atoms with Crippen molar-refractivity contribution >= 4 is 52.7 Å². The molecule has 2 unspecified atom stereocenters. The third-order valence-electron chi connectivity index (χ3n) is 7.26. The zero-order chi connectivity index (χ0) is 32.5. The van der Waals surface area contributed by atoms with E-state index in [-0.39, 0.29) is 31.3 Å². The lowest BCUT2D eigenvalue weighted by Crippen LogP contribution is -2.51. The monoisotopic (exact) mass is 630 g/mol. The average Bonchev–Trinajstić information content (AvgIpc) is 3.00. The van der Waals surface area contributed by atoms with E-state index in [0.717, 1.165) is 11.1 Å². The topological polar surface area (TPSA) is 184 Å². The average molecular weight is 631 g/mol. The largest absolute Gasteiger partial charge is 0.481 e.